The Morgan fingerprint density at radius 1 is 0.844 bits per heavy atom. The number of pyridine rings is 1. The van der Waals surface area contributed by atoms with E-state index in [1.807, 2.05) is 47.4 Å². The van der Waals surface area contributed by atoms with Gasteiger partial charge in [-0.2, -0.15) is 0 Å². The fourth-order valence-electron chi connectivity index (χ4n) is 3.79. The number of rotatable bonds is 4. The van der Waals surface area contributed by atoms with Crippen LogP contribution in [0.15, 0.2) is 66.9 Å². The molecule has 2 amide bonds. The Balaban J connectivity index is 1.17. The van der Waals surface area contributed by atoms with Crippen LogP contribution in [-0.2, 0) is 0 Å². The Hall–Kier alpha value is -4.07. The molecule has 5 rings (SSSR count). The van der Waals surface area contributed by atoms with Crippen molar-refractivity contribution in [2.45, 2.75) is 0 Å². The van der Waals surface area contributed by atoms with Crippen LogP contribution in [0.5, 0.6) is 11.5 Å². The highest BCUT2D eigenvalue weighted by molar-refractivity contribution is 6.04. The van der Waals surface area contributed by atoms with Gasteiger partial charge in [-0.1, -0.05) is 18.2 Å². The van der Waals surface area contributed by atoms with Crippen molar-refractivity contribution in [1.82, 2.24) is 9.88 Å². The summed E-state index contributed by atoms with van der Waals surface area (Å²) in [6.07, 6.45) is 1.64. The first-order valence-electron chi connectivity index (χ1n) is 10.4. The number of aromatic nitrogens is 1. The first-order chi connectivity index (χ1) is 15.7. The molecule has 0 aliphatic carbocycles. The van der Waals surface area contributed by atoms with Crippen molar-refractivity contribution in [3.63, 3.8) is 0 Å². The van der Waals surface area contributed by atoms with Crippen molar-refractivity contribution in [1.29, 1.82) is 0 Å². The predicted octanol–water partition coefficient (Wildman–Crippen LogP) is 3.03. The number of ether oxygens (including phenoxy) is 2. The molecule has 3 heterocycles. The first-order valence-corrected chi connectivity index (χ1v) is 10.4. The van der Waals surface area contributed by atoms with Gasteiger partial charge in [0.05, 0.1) is 11.9 Å². The molecule has 0 spiro atoms. The van der Waals surface area contributed by atoms with Gasteiger partial charge < -0.3 is 24.6 Å². The Morgan fingerprint density at radius 3 is 2.38 bits per heavy atom. The topological polar surface area (TPSA) is 84.0 Å². The molecule has 1 N–H and O–H groups in total. The third-order valence-electron chi connectivity index (χ3n) is 5.55. The smallest absolute Gasteiger partial charge is 0.255 e. The van der Waals surface area contributed by atoms with Crippen LogP contribution >= 0.6 is 0 Å². The summed E-state index contributed by atoms with van der Waals surface area (Å²) in [5, 5.41) is 2.85. The minimum Gasteiger partial charge on any atom is -0.454 e. The van der Waals surface area contributed by atoms with Crippen molar-refractivity contribution in [3.05, 3.63) is 78.0 Å². The summed E-state index contributed by atoms with van der Waals surface area (Å²) in [5.41, 5.74) is 1.80. The lowest BCUT2D eigenvalue weighted by atomic mass is 10.2. The summed E-state index contributed by atoms with van der Waals surface area (Å²) in [6, 6.07) is 18.1. The zero-order chi connectivity index (χ0) is 21.9. The maximum atomic E-state index is 12.6. The highest BCUT2D eigenvalue weighted by atomic mass is 16.7. The zero-order valence-corrected chi connectivity index (χ0v) is 17.4. The molecule has 1 saturated heterocycles. The number of piperazine rings is 1. The van der Waals surface area contributed by atoms with Gasteiger partial charge in [-0.25, -0.2) is 4.98 Å². The van der Waals surface area contributed by atoms with Crippen molar-refractivity contribution >= 4 is 23.3 Å². The molecule has 3 aromatic rings. The van der Waals surface area contributed by atoms with Crippen molar-refractivity contribution in [2.24, 2.45) is 0 Å². The number of nitrogens with zero attached hydrogens (tertiary/aromatic N) is 3. The molecule has 0 saturated carbocycles. The van der Waals surface area contributed by atoms with E-state index in [9.17, 15) is 9.59 Å². The SMILES string of the molecule is O=C(Nc1ccc(N2CCN(C(=O)c3ccccc3)CC2)nc1)c1ccc2c(c1)OCO2. The van der Waals surface area contributed by atoms with Gasteiger partial charge in [0, 0.05) is 37.3 Å². The third-order valence-corrected chi connectivity index (χ3v) is 5.55. The molecule has 1 fully saturated rings. The number of fused-ring (bicyclic) bond motifs is 1. The molecule has 0 bridgehead atoms. The number of nitrogens with one attached hydrogen (secondary N) is 1. The van der Waals surface area contributed by atoms with Crippen LogP contribution in [0.3, 0.4) is 0 Å². The number of hydrogen-bond donors (Lipinski definition) is 1. The second kappa shape index (κ2) is 8.58. The normalized spacial score (nSPS) is 14.9. The molecule has 32 heavy (non-hydrogen) atoms. The second-order valence-electron chi connectivity index (χ2n) is 7.57. The number of benzene rings is 2. The van der Waals surface area contributed by atoms with Crippen molar-refractivity contribution in [3.8, 4) is 11.5 Å². The molecule has 8 heteroatoms. The predicted molar refractivity (Wildman–Crippen MR) is 119 cm³/mol. The van der Waals surface area contributed by atoms with Gasteiger partial charge in [0.15, 0.2) is 11.5 Å². The molecule has 1 aromatic heterocycles. The summed E-state index contributed by atoms with van der Waals surface area (Å²) >= 11 is 0. The summed E-state index contributed by atoms with van der Waals surface area (Å²) in [7, 11) is 0. The van der Waals surface area contributed by atoms with Crippen molar-refractivity contribution in [2.75, 3.05) is 43.2 Å². The van der Waals surface area contributed by atoms with Gasteiger partial charge in [-0.15, -0.1) is 0 Å². The average Bonchev–Trinajstić information content (AvgIpc) is 3.33. The Kier molecular flexibility index (Phi) is 5.33. The molecule has 0 unspecified atom stereocenters. The highest BCUT2D eigenvalue weighted by Gasteiger charge is 2.23. The Labute approximate surface area is 185 Å². The van der Waals surface area contributed by atoms with Crippen LogP contribution < -0.4 is 19.7 Å². The molecular weight excluding hydrogens is 408 g/mol. The van der Waals surface area contributed by atoms with Crippen LogP contribution in [0.2, 0.25) is 0 Å². The number of hydrogen-bond acceptors (Lipinski definition) is 6. The molecule has 8 nitrogen and oxygen atoms in total. The minimum atomic E-state index is -0.245. The molecule has 0 radical (unpaired) electrons. The van der Waals surface area contributed by atoms with E-state index in [1.165, 1.54) is 0 Å². The van der Waals surface area contributed by atoms with E-state index in [2.05, 4.69) is 15.2 Å². The standard InChI is InChI=1S/C24H22N4O4/c29-23(18-6-8-20-21(14-18)32-16-31-20)26-19-7-9-22(25-15-19)27-10-12-28(13-11-27)24(30)17-4-2-1-3-5-17/h1-9,14-15H,10-13,16H2,(H,26,29). The van der Waals surface area contributed by atoms with E-state index < -0.39 is 0 Å². The molecular formula is C24H22N4O4. The maximum Gasteiger partial charge on any atom is 0.255 e. The first kappa shape index (κ1) is 19.9. The number of carbonyl (C=O) groups excluding carboxylic acids is 2. The van der Waals surface area contributed by atoms with Crippen LogP contribution in [0, 0.1) is 0 Å². The zero-order valence-electron chi connectivity index (χ0n) is 17.4. The minimum absolute atomic E-state index is 0.0554. The Morgan fingerprint density at radius 2 is 1.62 bits per heavy atom. The van der Waals surface area contributed by atoms with Gasteiger partial charge in [-0.05, 0) is 42.5 Å². The van der Waals surface area contributed by atoms with E-state index in [0.29, 0.717) is 54.5 Å². The van der Waals surface area contributed by atoms with Gasteiger partial charge in [0.1, 0.15) is 5.82 Å². The van der Waals surface area contributed by atoms with Crippen molar-refractivity contribution < 1.29 is 19.1 Å². The van der Waals surface area contributed by atoms with Crippen LogP contribution in [0.1, 0.15) is 20.7 Å². The lowest BCUT2D eigenvalue weighted by molar-refractivity contribution is 0.0746. The largest absolute Gasteiger partial charge is 0.454 e. The quantitative estimate of drug-likeness (QED) is 0.685. The van der Waals surface area contributed by atoms with E-state index >= 15 is 0 Å². The summed E-state index contributed by atoms with van der Waals surface area (Å²) < 4.78 is 10.6. The van der Waals surface area contributed by atoms with Crippen LogP contribution in [0.4, 0.5) is 11.5 Å². The van der Waals surface area contributed by atoms with Gasteiger partial charge >= 0.3 is 0 Å². The van der Waals surface area contributed by atoms with E-state index in [-0.39, 0.29) is 18.6 Å². The Bertz CT molecular complexity index is 1130. The average molecular weight is 430 g/mol. The highest BCUT2D eigenvalue weighted by Crippen LogP contribution is 2.32. The van der Waals surface area contributed by atoms with Gasteiger partial charge in [0.25, 0.3) is 11.8 Å². The third kappa shape index (κ3) is 4.07. The van der Waals surface area contributed by atoms with E-state index in [0.717, 1.165) is 5.82 Å². The number of carbonyl (C=O) groups is 2. The van der Waals surface area contributed by atoms with Crippen LogP contribution in [0.25, 0.3) is 0 Å². The molecule has 2 aromatic carbocycles. The lowest BCUT2D eigenvalue weighted by Crippen LogP contribution is -2.49. The monoisotopic (exact) mass is 430 g/mol. The maximum absolute atomic E-state index is 12.6. The second-order valence-corrected chi connectivity index (χ2v) is 7.57. The van der Waals surface area contributed by atoms with E-state index in [1.54, 1.807) is 24.4 Å². The molecule has 162 valence electrons. The fraction of sp³-hybridized carbons (Fsp3) is 0.208. The van der Waals surface area contributed by atoms with Gasteiger partial charge in [-0.3, -0.25) is 9.59 Å². The molecule has 2 aliphatic rings. The molecule has 2 aliphatic heterocycles. The molecule has 0 atom stereocenters. The van der Waals surface area contributed by atoms with Gasteiger partial charge in [0.2, 0.25) is 6.79 Å². The lowest BCUT2D eigenvalue weighted by Gasteiger charge is -2.35. The number of amides is 2. The number of anilines is 2. The summed E-state index contributed by atoms with van der Waals surface area (Å²) in [5.74, 6) is 1.83. The van der Waals surface area contributed by atoms with Crippen LogP contribution in [-0.4, -0.2) is 54.7 Å². The summed E-state index contributed by atoms with van der Waals surface area (Å²) in [6.45, 7) is 2.85. The fourth-order valence-corrected chi connectivity index (χ4v) is 3.79. The summed E-state index contributed by atoms with van der Waals surface area (Å²) in [4.78, 5) is 33.6. The van der Waals surface area contributed by atoms with E-state index in [4.69, 9.17) is 9.47 Å².